The number of primary amides is 1. The first-order valence-electron chi connectivity index (χ1n) is 8.16. The molecule has 2 aromatic rings. The van der Waals surface area contributed by atoms with E-state index in [1.807, 2.05) is 45.0 Å². The molecule has 25 heavy (non-hydrogen) atoms. The molecule has 1 aromatic carbocycles. The van der Waals surface area contributed by atoms with Crippen molar-refractivity contribution in [2.75, 3.05) is 18.0 Å². The number of carbonyl (C=O) groups excluding carboxylic acids is 2. The van der Waals surface area contributed by atoms with Crippen molar-refractivity contribution < 1.29 is 9.59 Å². The van der Waals surface area contributed by atoms with Crippen LogP contribution < -0.4 is 16.0 Å². The molecule has 1 aromatic heterocycles. The first-order chi connectivity index (χ1) is 11.8. The molecule has 132 valence electrons. The van der Waals surface area contributed by atoms with Gasteiger partial charge in [0.25, 0.3) is 0 Å². The number of nitrogens with zero attached hydrogens (tertiary/aromatic N) is 4. The number of benzene rings is 1. The summed E-state index contributed by atoms with van der Waals surface area (Å²) in [7, 11) is 0. The highest BCUT2D eigenvalue weighted by molar-refractivity contribution is 5.94. The lowest BCUT2D eigenvalue weighted by atomic mass is 10.1. The quantitative estimate of drug-likeness (QED) is 0.872. The predicted octanol–water partition coefficient (Wildman–Crippen LogP) is 1.26. The molecule has 1 aliphatic heterocycles. The first-order valence-corrected chi connectivity index (χ1v) is 8.16. The minimum Gasteiger partial charge on any atom is -0.369 e. The highest BCUT2D eigenvalue weighted by atomic mass is 16.2. The van der Waals surface area contributed by atoms with Crippen LogP contribution in [-0.4, -0.2) is 39.8 Å². The van der Waals surface area contributed by atoms with Gasteiger partial charge < -0.3 is 11.1 Å². The SMILES string of the molecule is CC(C)(C)n1nc(CC(N)=O)nc1-c1cccc(N2CCNC2=O)c1. The maximum atomic E-state index is 11.9. The monoisotopic (exact) mass is 342 g/mol. The van der Waals surface area contributed by atoms with E-state index in [0.29, 0.717) is 24.7 Å². The van der Waals surface area contributed by atoms with Gasteiger partial charge in [-0.2, -0.15) is 5.10 Å². The molecule has 0 bridgehead atoms. The number of hydrogen-bond donors (Lipinski definition) is 2. The van der Waals surface area contributed by atoms with Crippen molar-refractivity contribution >= 4 is 17.6 Å². The molecule has 1 aliphatic rings. The Bertz CT molecular complexity index is 821. The Morgan fingerprint density at radius 2 is 2.12 bits per heavy atom. The fraction of sp³-hybridized carbons (Fsp3) is 0.412. The number of hydrogen-bond acceptors (Lipinski definition) is 4. The van der Waals surface area contributed by atoms with E-state index in [0.717, 1.165) is 11.3 Å². The molecule has 3 rings (SSSR count). The topological polar surface area (TPSA) is 106 Å². The van der Waals surface area contributed by atoms with E-state index in [9.17, 15) is 9.59 Å². The number of urea groups is 1. The van der Waals surface area contributed by atoms with Gasteiger partial charge in [0.15, 0.2) is 11.6 Å². The Hall–Kier alpha value is -2.90. The third-order valence-corrected chi connectivity index (χ3v) is 3.89. The van der Waals surface area contributed by atoms with Gasteiger partial charge in [0, 0.05) is 24.3 Å². The molecule has 2 heterocycles. The maximum Gasteiger partial charge on any atom is 0.321 e. The Morgan fingerprint density at radius 3 is 2.72 bits per heavy atom. The van der Waals surface area contributed by atoms with E-state index in [-0.39, 0.29) is 18.0 Å². The van der Waals surface area contributed by atoms with Crippen LogP contribution in [0, 0.1) is 0 Å². The van der Waals surface area contributed by atoms with E-state index >= 15 is 0 Å². The summed E-state index contributed by atoms with van der Waals surface area (Å²) in [4.78, 5) is 29.3. The molecular formula is C17H22N6O2. The zero-order valence-electron chi connectivity index (χ0n) is 14.6. The Morgan fingerprint density at radius 1 is 1.36 bits per heavy atom. The predicted molar refractivity (Wildman–Crippen MR) is 94.1 cm³/mol. The number of nitrogens with two attached hydrogens (primary N) is 1. The van der Waals surface area contributed by atoms with Crippen LogP contribution in [0.2, 0.25) is 0 Å². The lowest BCUT2D eigenvalue weighted by Crippen LogP contribution is -2.27. The molecule has 0 atom stereocenters. The van der Waals surface area contributed by atoms with Gasteiger partial charge in [0.1, 0.15) is 0 Å². The smallest absolute Gasteiger partial charge is 0.321 e. The van der Waals surface area contributed by atoms with Crippen LogP contribution in [0.5, 0.6) is 0 Å². The molecule has 0 saturated carbocycles. The fourth-order valence-corrected chi connectivity index (χ4v) is 2.77. The zero-order valence-corrected chi connectivity index (χ0v) is 14.6. The van der Waals surface area contributed by atoms with E-state index < -0.39 is 5.91 Å². The summed E-state index contributed by atoms with van der Waals surface area (Å²) in [6, 6.07) is 7.48. The molecule has 8 nitrogen and oxygen atoms in total. The van der Waals surface area contributed by atoms with Crippen molar-refractivity contribution in [2.45, 2.75) is 32.7 Å². The fourth-order valence-electron chi connectivity index (χ4n) is 2.77. The first kappa shape index (κ1) is 16.9. The van der Waals surface area contributed by atoms with Crippen molar-refractivity contribution in [1.82, 2.24) is 20.1 Å². The van der Waals surface area contributed by atoms with Gasteiger partial charge in [-0.1, -0.05) is 12.1 Å². The van der Waals surface area contributed by atoms with Crippen molar-refractivity contribution in [1.29, 1.82) is 0 Å². The number of aromatic nitrogens is 3. The second kappa shape index (κ2) is 6.19. The molecule has 0 spiro atoms. The van der Waals surface area contributed by atoms with Crippen LogP contribution in [0.1, 0.15) is 26.6 Å². The molecule has 1 saturated heterocycles. The van der Waals surface area contributed by atoms with E-state index in [1.54, 1.807) is 9.58 Å². The van der Waals surface area contributed by atoms with Crippen LogP contribution >= 0.6 is 0 Å². The highest BCUT2D eigenvalue weighted by Crippen LogP contribution is 2.28. The van der Waals surface area contributed by atoms with Crippen molar-refractivity contribution in [2.24, 2.45) is 5.73 Å². The average molecular weight is 342 g/mol. The second-order valence-corrected chi connectivity index (χ2v) is 7.01. The number of nitrogens with one attached hydrogen (secondary N) is 1. The van der Waals surface area contributed by atoms with E-state index in [4.69, 9.17) is 5.73 Å². The van der Waals surface area contributed by atoms with Gasteiger partial charge in [-0.15, -0.1) is 0 Å². The van der Waals surface area contributed by atoms with Gasteiger partial charge in [-0.3, -0.25) is 9.69 Å². The molecular weight excluding hydrogens is 320 g/mol. The molecule has 1 fully saturated rings. The van der Waals surface area contributed by atoms with E-state index in [1.165, 1.54) is 0 Å². The molecule has 0 unspecified atom stereocenters. The minimum atomic E-state index is -0.472. The highest BCUT2D eigenvalue weighted by Gasteiger charge is 2.25. The van der Waals surface area contributed by atoms with Crippen LogP contribution in [0.4, 0.5) is 10.5 Å². The summed E-state index contributed by atoms with van der Waals surface area (Å²) >= 11 is 0. The largest absolute Gasteiger partial charge is 0.369 e. The average Bonchev–Trinajstić information content (AvgIpc) is 3.13. The zero-order chi connectivity index (χ0) is 18.2. The van der Waals surface area contributed by atoms with Crippen molar-refractivity contribution in [3.8, 4) is 11.4 Å². The molecule has 3 N–H and O–H groups in total. The lowest BCUT2D eigenvalue weighted by Gasteiger charge is -2.22. The summed E-state index contributed by atoms with van der Waals surface area (Å²) < 4.78 is 1.79. The van der Waals surface area contributed by atoms with Crippen molar-refractivity contribution in [3.63, 3.8) is 0 Å². The van der Waals surface area contributed by atoms with Gasteiger partial charge in [0.05, 0.1) is 12.0 Å². The van der Waals surface area contributed by atoms with Crippen LogP contribution in [0.15, 0.2) is 24.3 Å². The summed E-state index contributed by atoms with van der Waals surface area (Å²) in [5.74, 6) is 0.562. The number of anilines is 1. The van der Waals surface area contributed by atoms with Crippen molar-refractivity contribution in [3.05, 3.63) is 30.1 Å². The standard InChI is InChI=1S/C17H22N6O2/c1-17(2,3)23-15(20-14(21-23)10-13(18)24)11-5-4-6-12(9-11)22-8-7-19-16(22)25/h4-6,9H,7-8,10H2,1-3H3,(H2,18,24)(H,19,25). The summed E-state index contributed by atoms with van der Waals surface area (Å²) in [5, 5.41) is 7.24. The maximum absolute atomic E-state index is 11.9. The second-order valence-electron chi connectivity index (χ2n) is 7.01. The third kappa shape index (κ3) is 3.47. The summed E-state index contributed by atoms with van der Waals surface area (Å²) in [6.07, 6.45) is -0.00962. The molecule has 8 heteroatoms. The van der Waals surface area contributed by atoms with Gasteiger partial charge in [0.2, 0.25) is 5.91 Å². The number of carbonyl (C=O) groups is 2. The molecule has 3 amide bonds. The van der Waals surface area contributed by atoms with Crippen LogP contribution in [0.3, 0.4) is 0 Å². The van der Waals surface area contributed by atoms with Crippen LogP contribution in [0.25, 0.3) is 11.4 Å². The lowest BCUT2D eigenvalue weighted by molar-refractivity contribution is -0.117. The number of amides is 3. The van der Waals surface area contributed by atoms with Gasteiger partial charge in [-0.05, 0) is 32.9 Å². The van der Waals surface area contributed by atoms with Crippen LogP contribution in [-0.2, 0) is 16.8 Å². The molecule has 0 radical (unpaired) electrons. The van der Waals surface area contributed by atoms with E-state index in [2.05, 4.69) is 15.4 Å². The Labute approximate surface area is 146 Å². The van der Waals surface area contributed by atoms with Gasteiger partial charge in [-0.25, -0.2) is 14.5 Å². The van der Waals surface area contributed by atoms with Gasteiger partial charge >= 0.3 is 6.03 Å². The normalized spacial score (nSPS) is 14.7. The third-order valence-electron chi connectivity index (χ3n) is 3.89. The number of rotatable bonds is 4. The Balaban J connectivity index is 2.04. The Kier molecular flexibility index (Phi) is 4.20. The molecule has 0 aliphatic carbocycles. The summed E-state index contributed by atoms with van der Waals surface area (Å²) in [6.45, 7) is 7.29. The minimum absolute atomic E-state index is 0.00962. The summed E-state index contributed by atoms with van der Waals surface area (Å²) in [5.41, 5.74) is 6.58.